The van der Waals surface area contributed by atoms with Crippen LogP contribution in [-0.4, -0.2) is 70.3 Å². The van der Waals surface area contributed by atoms with Crippen molar-refractivity contribution in [3.8, 4) is 0 Å². The summed E-state index contributed by atoms with van der Waals surface area (Å²) >= 11 is 0. The first-order valence-electron chi connectivity index (χ1n) is 25.5. The Balaban J connectivity index is 1.62. The predicted octanol–water partition coefficient (Wildman–Crippen LogP) is 13.1. The predicted molar refractivity (Wildman–Crippen MR) is 255 cm³/mol. The van der Waals surface area contributed by atoms with Crippen LogP contribution in [0.25, 0.3) is 0 Å². The van der Waals surface area contributed by atoms with Gasteiger partial charge >= 0.3 is 0 Å². The van der Waals surface area contributed by atoms with Gasteiger partial charge in [-0.15, -0.1) is 0 Å². The fourth-order valence-corrected chi connectivity index (χ4v) is 9.83. The molecule has 0 saturated carbocycles. The van der Waals surface area contributed by atoms with Gasteiger partial charge in [0, 0.05) is 51.5 Å². The van der Waals surface area contributed by atoms with Crippen LogP contribution < -0.4 is 10.6 Å². The summed E-state index contributed by atoms with van der Waals surface area (Å²) in [7, 11) is 0. The third kappa shape index (κ3) is 25.8. The van der Waals surface area contributed by atoms with E-state index < -0.39 is 0 Å². The Morgan fingerprint density at radius 3 is 1.57 bits per heavy atom. The van der Waals surface area contributed by atoms with Crippen molar-refractivity contribution in [2.24, 2.45) is 16.7 Å². The van der Waals surface area contributed by atoms with Gasteiger partial charge in [-0.2, -0.15) is 0 Å². The van der Waals surface area contributed by atoms with Gasteiger partial charge in [0.1, 0.15) is 5.78 Å². The maximum Gasteiger partial charge on any atom is 0.223 e. The Labute approximate surface area is 375 Å². The number of rotatable bonds is 38. The summed E-state index contributed by atoms with van der Waals surface area (Å²) in [6, 6.07) is 0. The van der Waals surface area contributed by atoms with Crippen molar-refractivity contribution in [2.75, 3.05) is 52.7 Å². The minimum atomic E-state index is -0.329. The Kier molecular flexibility index (Phi) is 30.2. The highest BCUT2D eigenvalue weighted by molar-refractivity contribution is 5.86. The average Bonchev–Trinajstić information content (AvgIpc) is 3.21. The topological polar surface area (TPSA) is 103 Å². The largest absolute Gasteiger partial charge is 0.379 e. The molecular formula is C53H96N2O6. The Morgan fingerprint density at radius 1 is 0.557 bits per heavy atom. The molecule has 0 fully saturated rings. The van der Waals surface area contributed by atoms with Crippen molar-refractivity contribution in [2.45, 2.75) is 228 Å². The lowest BCUT2D eigenvalue weighted by molar-refractivity contribution is -0.129. The first kappa shape index (κ1) is 55.1. The number of hydrogen-bond donors (Lipinski definition) is 2. The maximum absolute atomic E-state index is 13.3. The van der Waals surface area contributed by atoms with E-state index in [1.165, 1.54) is 103 Å². The molecule has 2 aliphatic carbocycles. The normalized spacial score (nSPS) is 16.8. The molecule has 2 rings (SSSR count). The summed E-state index contributed by atoms with van der Waals surface area (Å²) in [6.45, 7) is 21.1. The van der Waals surface area contributed by atoms with Gasteiger partial charge in [0.05, 0.1) is 26.4 Å². The number of ether oxygens (including phenoxy) is 3. The van der Waals surface area contributed by atoms with Crippen LogP contribution in [0.5, 0.6) is 0 Å². The van der Waals surface area contributed by atoms with Crippen molar-refractivity contribution in [1.82, 2.24) is 10.6 Å². The quantitative estimate of drug-likeness (QED) is 0.0474. The molecule has 2 amide bonds. The molecule has 0 radical (unpaired) electrons. The van der Waals surface area contributed by atoms with Gasteiger partial charge in [-0.05, 0) is 127 Å². The molecule has 2 N–H and O–H groups in total. The van der Waals surface area contributed by atoms with E-state index >= 15 is 0 Å². The lowest BCUT2D eigenvalue weighted by atomic mass is 9.71. The van der Waals surface area contributed by atoms with Crippen molar-refractivity contribution in [3.63, 3.8) is 0 Å². The highest BCUT2D eigenvalue weighted by atomic mass is 16.5. The number of allylic oxidation sites excluding steroid dienone is 4. The van der Waals surface area contributed by atoms with Gasteiger partial charge in [0.15, 0.2) is 0 Å². The molecule has 8 nitrogen and oxygen atoms in total. The molecule has 0 bridgehead atoms. The number of Topliss-reactive ketones (excluding diaryl/α,β-unsaturated/α-hetero) is 1. The molecule has 0 heterocycles. The number of nitrogens with one attached hydrogen (secondary N) is 2. The molecule has 0 aromatic heterocycles. The molecule has 0 saturated heterocycles. The maximum atomic E-state index is 13.3. The summed E-state index contributed by atoms with van der Waals surface area (Å²) in [5.74, 6) is -0.0465. The summed E-state index contributed by atoms with van der Waals surface area (Å²) in [4.78, 5) is 39.0. The number of carbonyl (C=O) groups excluding carboxylic acids is 3. The van der Waals surface area contributed by atoms with Crippen LogP contribution in [0.3, 0.4) is 0 Å². The lowest BCUT2D eigenvalue weighted by Gasteiger charge is -2.34. The van der Waals surface area contributed by atoms with Gasteiger partial charge in [0.25, 0.3) is 0 Å². The fourth-order valence-electron chi connectivity index (χ4n) is 9.83. The highest BCUT2D eigenvalue weighted by Crippen LogP contribution is 2.43. The number of unbranched alkanes of at least 4 members (excludes halogenated alkanes) is 11. The minimum absolute atomic E-state index is 0.0377. The Bertz CT molecular complexity index is 1270. The molecule has 0 unspecified atom stereocenters. The van der Waals surface area contributed by atoms with E-state index in [1.807, 2.05) is 0 Å². The monoisotopic (exact) mass is 857 g/mol. The van der Waals surface area contributed by atoms with Gasteiger partial charge in [-0.1, -0.05) is 115 Å². The standard InChI is InChI=1S/C53H96N2O6/c1-8-37-59-39-41-61-42-40-60-38-25-36-55-51(58)46(43-47(56)29-17-13-9-10-14-18-30-48-44(2)26-23-33-52(48,4)5)28-21-22-35-54-50(57)32-20-16-12-11-15-19-31-49-45(3)27-24-34-53(49,6)7/h46H,8-43H2,1-7H3,(H,54,57)(H,55,58)/t46-/m1/s1. The third-order valence-corrected chi connectivity index (χ3v) is 13.6. The van der Waals surface area contributed by atoms with E-state index in [0.717, 1.165) is 51.6 Å². The first-order chi connectivity index (χ1) is 29.4. The Hall–Kier alpha value is -2.03. The van der Waals surface area contributed by atoms with Crippen molar-refractivity contribution in [3.05, 3.63) is 22.3 Å². The molecule has 2 aliphatic rings. The molecule has 8 heteroatoms. The smallest absolute Gasteiger partial charge is 0.223 e. The average molecular weight is 857 g/mol. The van der Waals surface area contributed by atoms with E-state index in [9.17, 15) is 14.4 Å². The zero-order chi connectivity index (χ0) is 44.6. The summed E-state index contributed by atoms with van der Waals surface area (Å²) < 4.78 is 16.6. The molecule has 1 atom stereocenters. The summed E-state index contributed by atoms with van der Waals surface area (Å²) in [5, 5.41) is 6.17. The Morgan fingerprint density at radius 2 is 1.03 bits per heavy atom. The van der Waals surface area contributed by atoms with Crippen molar-refractivity contribution >= 4 is 17.6 Å². The molecule has 354 valence electrons. The fraction of sp³-hybridized carbons (Fsp3) is 0.868. The van der Waals surface area contributed by atoms with Gasteiger partial charge in [-0.25, -0.2) is 0 Å². The second kappa shape index (κ2) is 33.5. The molecule has 61 heavy (non-hydrogen) atoms. The molecule has 0 aromatic carbocycles. The van der Waals surface area contributed by atoms with Crippen LogP contribution in [0.15, 0.2) is 22.3 Å². The number of amides is 2. The van der Waals surface area contributed by atoms with E-state index in [0.29, 0.717) is 89.1 Å². The van der Waals surface area contributed by atoms with E-state index in [4.69, 9.17) is 14.2 Å². The van der Waals surface area contributed by atoms with Crippen LogP contribution in [-0.2, 0) is 28.6 Å². The van der Waals surface area contributed by atoms with Crippen LogP contribution in [0.2, 0.25) is 0 Å². The molecular weight excluding hydrogens is 761 g/mol. The SMILES string of the molecule is CCCOCCOCCOCCCNC(=O)[C@H](CCCCNC(=O)CCCCCCCCC1=C(C)CCCC1(C)C)CC(=O)CCCCCCCCC1=C(C)CCCC1(C)C. The van der Waals surface area contributed by atoms with Gasteiger partial charge < -0.3 is 24.8 Å². The number of ketones is 1. The zero-order valence-corrected chi connectivity index (χ0v) is 41.0. The van der Waals surface area contributed by atoms with Crippen LogP contribution >= 0.6 is 0 Å². The second-order valence-electron chi connectivity index (χ2n) is 20.0. The van der Waals surface area contributed by atoms with Crippen LogP contribution in [0, 0.1) is 16.7 Å². The molecule has 0 aliphatic heterocycles. The van der Waals surface area contributed by atoms with E-state index in [2.05, 4.69) is 59.1 Å². The lowest BCUT2D eigenvalue weighted by Crippen LogP contribution is -2.33. The second-order valence-corrected chi connectivity index (χ2v) is 20.0. The van der Waals surface area contributed by atoms with Crippen LogP contribution in [0.1, 0.15) is 228 Å². The number of hydrogen-bond acceptors (Lipinski definition) is 6. The highest BCUT2D eigenvalue weighted by Gasteiger charge is 2.28. The number of carbonyl (C=O) groups is 3. The molecule has 0 aromatic rings. The minimum Gasteiger partial charge on any atom is -0.379 e. The van der Waals surface area contributed by atoms with Gasteiger partial charge in [-0.3, -0.25) is 14.4 Å². The third-order valence-electron chi connectivity index (χ3n) is 13.6. The zero-order valence-electron chi connectivity index (χ0n) is 41.0. The summed E-state index contributed by atoms with van der Waals surface area (Å²) in [6.07, 6.45) is 29.7. The van der Waals surface area contributed by atoms with E-state index in [1.54, 1.807) is 22.3 Å². The van der Waals surface area contributed by atoms with Gasteiger partial charge in [0.2, 0.25) is 11.8 Å². The van der Waals surface area contributed by atoms with Crippen molar-refractivity contribution < 1.29 is 28.6 Å². The van der Waals surface area contributed by atoms with E-state index in [-0.39, 0.29) is 23.5 Å². The summed E-state index contributed by atoms with van der Waals surface area (Å²) in [5.41, 5.74) is 7.43. The van der Waals surface area contributed by atoms with Crippen molar-refractivity contribution in [1.29, 1.82) is 0 Å². The van der Waals surface area contributed by atoms with Crippen LogP contribution in [0.4, 0.5) is 0 Å². The molecule has 0 spiro atoms. The first-order valence-corrected chi connectivity index (χ1v) is 25.5.